The van der Waals surface area contributed by atoms with E-state index in [0.29, 0.717) is 0 Å². The molecule has 0 bridgehead atoms. The summed E-state index contributed by atoms with van der Waals surface area (Å²) in [6.07, 6.45) is 5.42. The number of nitrogens with one attached hydrogen (secondary N) is 1. The van der Waals surface area contributed by atoms with E-state index in [9.17, 15) is 0 Å². The first-order chi connectivity index (χ1) is 8.66. The van der Waals surface area contributed by atoms with Gasteiger partial charge in [0.2, 0.25) is 0 Å². The second kappa shape index (κ2) is 5.82. The summed E-state index contributed by atoms with van der Waals surface area (Å²) in [4.78, 5) is 10.5. The van der Waals surface area contributed by atoms with Gasteiger partial charge in [-0.05, 0) is 39.7 Å². The first-order valence-electron chi connectivity index (χ1n) is 5.62. The van der Waals surface area contributed by atoms with Crippen LogP contribution in [0.15, 0.2) is 41.3 Å². The standard InChI is InChI=1S/C13H15BrN4/c1-18(2)13-12(4-3-5-16-13)17-8-10-6-11(14)9-15-7-10/h3-7,9,17H,8H2,1-2H3. The highest BCUT2D eigenvalue weighted by atomic mass is 79.9. The molecule has 0 aromatic carbocycles. The third-order valence-electron chi connectivity index (χ3n) is 2.45. The van der Waals surface area contributed by atoms with Gasteiger partial charge in [-0.25, -0.2) is 4.98 Å². The lowest BCUT2D eigenvalue weighted by Crippen LogP contribution is -2.13. The van der Waals surface area contributed by atoms with Gasteiger partial charge in [-0.3, -0.25) is 4.98 Å². The first kappa shape index (κ1) is 12.8. The molecule has 0 radical (unpaired) electrons. The lowest BCUT2D eigenvalue weighted by Gasteiger charge is -2.16. The molecule has 0 aliphatic rings. The number of pyridine rings is 2. The van der Waals surface area contributed by atoms with E-state index in [-0.39, 0.29) is 0 Å². The molecule has 0 amide bonds. The van der Waals surface area contributed by atoms with Crippen molar-refractivity contribution in [2.75, 3.05) is 24.3 Å². The Morgan fingerprint density at radius 3 is 2.89 bits per heavy atom. The molecule has 2 rings (SSSR count). The summed E-state index contributed by atoms with van der Waals surface area (Å²) in [7, 11) is 3.96. The molecule has 2 heterocycles. The second-order valence-electron chi connectivity index (χ2n) is 4.13. The van der Waals surface area contributed by atoms with Crippen molar-refractivity contribution in [1.29, 1.82) is 0 Å². The van der Waals surface area contributed by atoms with Gasteiger partial charge in [0.05, 0.1) is 5.69 Å². The fourth-order valence-corrected chi connectivity index (χ4v) is 2.05. The van der Waals surface area contributed by atoms with E-state index >= 15 is 0 Å². The molecular formula is C13H15BrN4. The maximum atomic E-state index is 4.35. The Kier molecular flexibility index (Phi) is 4.15. The van der Waals surface area contributed by atoms with Crippen LogP contribution in [0.25, 0.3) is 0 Å². The average molecular weight is 307 g/mol. The van der Waals surface area contributed by atoms with Crippen LogP contribution in [0.5, 0.6) is 0 Å². The summed E-state index contributed by atoms with van der Waals surface area (Å²) < 4.78 is 0.987. The molecule has 0 saturated heterocycles. The zero-order valence-corrected chi connectivity index (χ0v) is 12.0. The normalized spacial score (nSPS) is 10.2. The van der Waals surface area contributed by atoms with Crippen LogP contribution in [0.2, 0.25) is 0 Å². The molecule has 1 N–H and O–H groups in total. The predicted octanol–water partition coefficient (Wildman–Crippen LogP) is 2.92. The van der Waals surface area contributed by atoms with Gasteiger partial charge in [0.25, 0.3) is 0 Å². The van der Waals surface area contributed by atoms with E-state index in [1.807, 2.05) is 43.4 Å². The van der Waals surface area contributed by atoms with Gasteiger partial charge < -0.3 is 10.2 Å². The fraction of sp³-hybridized carbons (Fsp3) is 0.231. The van der Waals surface area contributed by atoms with E-state index in [4.69, 9.17) is 0 Å². The minimum Gasteiger partial charge on any atom is -0.378 e. The Bertz CT molecular complexity index is 528. The third kappa shape index (κ3) is 3.20. The van der Waals surface area contributed by atoms with Gasteiger partial charge in [-0.2, -0.15) is 0 Å². The Morgan fingerprint density at radius 1 is 1.33 bits per heavy atom. The van der Waals surface area contributed by atoms with Gasteiger partial charge in [0.15, 0.2) is 5.82 Å². The third-order valence-corrected chi connectivity index (χ3v) is 2.89. The van der Waals surface area contributed by atoms with Crippen LogP contribution < -0.4 is 10.2 Å². The maximum absolute atomic E-state index is 4.35. The van der Waals surface area contributed by atoms with Crippen LogP contribution in [0.3, 0.4) is 0 Å². The highest BCUT2D eigenvalue weighted by Crippen LogP contribution is 2.21. The molecular weight excluding hydrogens is 292 g/mol. The highest BCUT2D eigenvalue weighted by molar-refractivity contribution is 9.10. The van der Waals surface area contributed by atoms with Gasteiger partial charge >= 0.3 is 0 Å². The maximum Gasteiger partial charge on any atom is 0.151 e. The molecule has 18 heavy (non-hydrogen) atoms. The first-order valence-corrected chi connectivity index (χ1v) is 6.42. The van der Waals surface area contributed by atoms with Crippen LogP contribution in [-0.2, 0) is 6.54 Å². The molecule has 0 unspecified atom stereocenters. The van der Waals surface area contributed by atoms with Crippen LogP contribution >= 0.6 is 15.9 Å². The summed E-state index contributed by atoms with van der Waals surface area (Å²) in [6.45, 7) is 0.721. The number of nitrogens with zero attached hydrogens (tertiary/aromatic N) is 3. The van der Waals surface area contributed by atoms with E-state index in [2.05, 4.69) is 31.2 Å². The SMILES string of the molecule is CN(C)c1ncccc1NCc1cncc(Br)c1. The van der Waals surface area contributed by atoms with Crippen LogP contribution in [0.1, 0.15) is 5.56 Å². The number of anilines is 2. The van der Waals surface area contributed by atoms with Gasteiger partial charge in [-0.15, -0.1) is 0 Å². The fourth-order valence-electron chi connectivity index (χ4n) is 1.64. The van der Waals surface area contributed by atoms with Crippen molar-refractivity contribution in [2.24, 2.45) is 0 Å². The van der Waals surface area contributed by atoms with Crippen molar-refractivity contribution in [1.82, 2.24) is 9.97 Å². The Hall–Kier alpha value is -1.62. The van der Waals surface area contributed by atoms with Crippen molar-refractivity contribution >= 4 is 27.4 Å². The van der Waals surface area contributed by atoms with Crippen LogP contribution in [-0.4, -0.2) is 24.1 Å². The number of rotatable bonds is 4. The van der Waals surface area contributed by atoms with Crippen molar-refractivity contribution in [2.45, 2.75) is 6.54 Å². The van der Waals surface area contributed by atoms with Gasteiger partial charge in [0.1, 0.15) is 0 Å². The summed E-state index contributed by atoms with van der Waals surface area (Å²) in [5.74, 6) is 0.931. The van der Waals surface area contributed by atoms with E-state index in [1.54, 1.807) is 12.4 Å². The quantitative estimate of drug-likeness (QED) is 0.943. The molecule has 0 aliphatic carbocycles. The minimum atomic E-state index is 0.721. The lowest BCUT2D eigenvalue weighted by atomic mass is 10.2. The largest absolute Gasteiger partial charge is 0.378 e. The molecule has 4 nitrogen and oxygen atoms in total. The molecule has 0 spiro atoms. The Balaban J connectivity index is 2.11. The topological polar surface area (TPSA) is 41.1 Å². The molecule has 0 aliphatic heterocycles. The average Bonchev–Trinajstić information content (AvgIpc) is 2.37. The molecule has 0 saturated carbocycles. The lowest BCUT2D eigenvalue weighted by molar-refractivity contribution is 1.04. The summed E-state index contributed by atoms with van der Waals surface area (Å²) in [5.41, 5.74) is 2.14. The Morgan fingerprint density at radius 2 is 2.17 bits per heavy atom. The zero-order chi connectivity index (χ0) is 13.0. The molecule has 2 aromatic heterocycles. The molecule has 0 atom stereocenters. The van der Waals surface area contributed by atoms with Crippen LogP contribution in [0, 0.1) is 0 Å². The molecule has 5 heteroatoms. The molecule has 2 aromatic rings. The predicted molar refractivity (Wildman–Crippen MR) is 77.8 cm³/mol. The van der Waals surface area contributed by atoms with E-state index < -0.39 is 0 Å². The monoisotopic (exact) mass is 306 g/mol. The highest BCUT2D eigenvalue weighted by Gasteiger charge is 2.04. The van der Waals surface area contributed by atoms with Crippen molar-refractivity contribution < 1.29 is 0 Å². The van der Waals surface area contributed by atoms with E-state index in [0.717, 1.165) is 28.1 Å². The minimum absolute atomic E-state index is 0.721. The van der Waals surface area contributed by atoms with Crippen LogP contribution in [0.4, 0.5) is 11.5 Å². The Labute approximate surface area is 115 Å². The van der Waals surface area contributed by atoms with Crippen molar-refractivity contribution in [3.05, 3.63) is 46.8 Å². The smallest absolute Gasteiger partial charge is 0.151 e. The summed E-state index contributed by atoms with van der Waals surface area (Å²) in [5, 5.41) is 3.37. The van der Waals surface area contributed by atoms with E-state index in [1.165, 1.54) is 0 Å². The number of hydrogen-bond acceptors (Lipinski definition) is 4. The number of hydrogen-bond donors (Lipinski definition) is 1. The molecule has 94 valence electrons. The second-order valence-corrected chi connectivity index (χ2v) is 5.05. The molecule has 0 fully saturated rings. The van der Waals surface area contributed by atoms with Gasteiger partial charge in [-0.1, -0.05) is 0 Å². The van der Waals surface area contributed by atoms with Gasteiger partial charge in [0, 0.05) is 43.7 Å². The summed E-state index contributed by atoms with van der Waals surface area (Å²) >= 11 is 3.42. The number of halogens is 1. The van der Waals surface area contributed by atoms with Crippen molar-refractivity contribution in [3.8, 4) is 0 Å². The number of aromatic nitrogens is 2. The van der Waals surface area contributed by atoms with Crippen molar-refractivity contribution in [3.63, 3.8) is 0 Å². The summed E-state index contributed by atoms with van der Waals surface area (Å²) in [6, 6.07) is 5.99. The zero-order valence-electron chi connectivity index (χ0n) is 10.4.